The van der Waals surface area contributed by atoms with E-state index in [1.165, 1.54) is 0 Å². The van der Waals surface area contributed by atoms with E-state index in [1.807, 2.05) is 53.7 Å². The van der Waals surface area contributed by atoms with Crippen LogP contribution in [0.25, 0.3) is 17.0 Å². The van der Waals surface area contributed by atoms with Crippen LogP contribution >= 0.6 is 0 Å². The maximum absolute atomic E-state index is 12.9. The summed E-state index contributed by atoms with van der Waals surface area (Å²) in [4.78, 5) is 19.0. The van der Waals surface area contributed by atoms with E-state index in [0.29, 0.717) is 25.6 Å². The minimum absolute atomic E-state index is 0.0280. The second-order valence-corrected chi connectivity index (χ2v) is 7.10. The average Bonchev–Trinajstić information content (AvgIpc) is 3.51. The van der Waals surface area contributed by atoms with Crippen molar-refractivity contribution in [2.45, 2.75) is 38.4 Å². The molecule has 2 heterocycles. The zero-order valence-electron chi connectivity index (χ0n) is 15.7. The summed E-state index contributed by atoms with van der Waals surface area (Å²) in [6.07, 6.45) is 11.7. The van der Waals surface area contributed by atoms with Crippen LogP contribution < -0.4 is 0 Å². The first-order valence-electron chi connectivity index (χ1n) is 9.58. The van der Waals surface area contributed by atoms with Gasteiger partial charge in [0.05, 0.1) is 12.5 Å². The number of aromatic nitrogens is 2. The van der Waals surface area contributed by atoms with Crippen molar-refractivity contribution in [2.24, 2.45) is 0 Å². The van der Waals surface area contributed by atoms with E-state index < -0.39 is 0 Å². The molecule has 4 rings (SSSR count). The van der Waals surface area contributed by atoms with Crippen LogP contribution in [0.2, 0.25) is 0 Å². The summed E-state index contributed by atoms with van der Waals surface area (Å²) in [5.74, 6) is 0.0280. The smallest absolute Gasteiger partial charge is 0.247 e. The molecule has 28 heavy (non-hydrogen) atoms. The molecule has 5 nitrogen and oxygen atoms in total. The minimum Gasteiger partial charge on any atom is -0.346 e. The second kappa shape index (κ2) is 8.10. The number of para-hydroxylation sites is 1. The monoisotopic (exact) mass is 370 g/mol. The number of pyridine rings is 1. The Labute approximate surface area is 164 Å². The van der Waals surface area contributed by atoms with Gasteiger partial charge in [-0.25, -0.2) is 0 Å². The summed E-state index contributed by atoms with van der Waals surface area (Å²) in [5.41, 5.74) is 3.13. The van der Waals surface area contributed by atoms with Gasteiger partial charge >= 0.3 is 0 Å². The molecule has 1 fully saturated rings. The van der Waals surface area contributed by atoms with Crippen molar-refractivity contribution in [1.29, 1.82) is 5.26 Å². The molecule has 0 bridgehead atoms. The Kier molecular flexibility index (Phi) is 5.20. The number of carbonyl (C=O) groups excluding carboxylic acids is 1. The standard InChI is InChI=1S/C23H22N4O/c24-12-4-14-26-17-19(21-6-1-2-7-22(21)26)8-11-23(28)27(20-9-10-20)16-18-5-3-13-25-15-18/h1-3,5-8,11,13,15,17,20H,4,9-10,14,16H2. The lowest BCUT2D eigenvalue weighted by Crippen LogP contribution is -2.31. The van der Waals surface area contributed by atoms with Gasteiger partial charge in [0.25, 0.3) is 0 Å². The van der Waals surface area contributed by atoms with Gasteiger partial charge in [0.1, 0.15) is 0 Å². The van der Waals surface area contributed by atoms with Crippen molar-refractivity contribution in [3.05, 3.63) is 72.2 Å². The van der Waals surface area contributed by atoms with E-state index in [0.717, 1.165) is 34.9 Å². The fourth-order valence-corrected chi connectivity index (χ4v) is 3.48. The van der Waals surface area contributed by atoms with Gasteiger partial charge in [0.2, 0.25) is 5.91 Å². The molecule has 0 unspecified atom stereocenters. The van der Waals surface area contributed by atoms with Crippen molar-refractivity contribution in [1.82, 2.24) is 14.5 Å². The van der Waals surface area contributed by atoms with Gasteiger partial charge in [0, 0.05) is 60.3 Å². The molecule has 0 atom stereocenters. The zero-order valence-corrected chi connectivity index (χ0v) is 15.7. The summed E-state index contributed by atoms with van der Waals surface area (Å²) in [6, 6.07) is 14.5. The number of rotatable bonds is 7. The zero-order chi connectivity index (χ0) is 19.3. The van der Waals surface area contributed by atoms with Crippen LogP contribution in [0.1, 0.15) is 30.4 Å². The fourth-order valence-electron chi connectivity index (χ4n) is 3.48. The third-order valence-electron chi connectivity index (χ3n) is 5.04. The molecule has 5 heteroatoms. The third-order valence-corrected chi connectivity index (χ3v) is 5.04. The molecule has 0 aliphatic heterocycles. The van der Waals surface area contributed by atoms with Crippen molar-refractivity contribution in [3.63, 3.8) is 0 Å². The van der Waals surface area contributed by atoms with Gasteiger partial charge in [-0.1, -0.05) is 24.3 Å². The Morgan fingerprint density at radius 3 is 2.89 bits per heavy atom. The largest absolute Gasteiger partial charge is 0.346 e. The highest BCUT2D eigenvalue weighted by atomic mass is 16.2. The van der Waals surface area contributed by atoms with Crippen molar-refractivity contribution in [2.75, 3.05) is 0 Å². The van der Waals surface area contributed by atoms with Crippen LogP contribution in [0.15, 0.2) is 61.1 Å². The summed E-state index contributed by atoms with van der Waals surface area (Å²) < 4.78 is 2.08. The van der Waals surface area contributed by atoms with E-state index in [1.54, 1.807) is 12.3 Å². The molecule has 3 aromatic rings. The van der Waals surface area contributed by atoms with Gasteiger partial charge in [0.15, 0.2) is 0 Å². The first-order valence-corrected chi connectivity index (χ1v) is 9.58. The SMILES string of the molecule is N#CCCn1cc(C=CC(=O)N(Cc2cccnc2)C2CC2)c2ccccc21. The molecule has 0 N–H and O–H groups in total. The molecule has 1 saturated carbocycles. The highest BCUT2D eigenvalue weighted by Gasteiger charge is 2.31. The number of benzene rings is 1. The molecular formula is C23H22N4O. The minimum atomic E-state index is 0.0280. The van der Waals surface area contributed by atoms with Crippen LogP contribution in [0.3, 0.4) is 0 Å². The molecule has 0 saturated heterocycles. The highest BCUT2D eigenvalue weighted by molar-refractivity contribution is 5.96. The van der Waals surface area contributed by atoms with Gasteiger partial charge in [-0.2, -0.15) is 5.26 Å². The van der Waals surface area contributed by atoms with E-state index in [-0.39, 0.29) is 5.91 Å². The van der Waals surface area contributed by atoms with Crippen molar-refractivity contribution >= 4 is 22.9 Å². The molecule has 1 aromatic carbocycles. The Balaban J connectivity index is 1.56. The van der Waals surface area contributed by atoms with Gasteiger partial charge in [-0.3, -0.25) is 9.78 Å². The predicted octanol–water partition coefficient (Wildman–Crippen LogP) is 4.15. The number of nitriles is 1. The Hall–Kier alpha value is -3.39. The van der Waals surface area contributed by atoms with Crippen LogP contribution in [-0.2, 0) is 17.9 Å². The molecule has 1 aliphatic carbocycles. The Bertz CT molecular complexity index is 1040. The predicted molar refractivity (Wildman–Crippen MR) is 109 cm³/mol. The number of nitrogens with zero attached hydrogens (tertiary/aromatic N) is 4. The number of carbonyl (C=O) groups is 1. The van der Waals surface area contributed by atoms with E-state index in [9.17, 15) is 4.79 Å². The molecular weight excluding hydrogens is 348 g/mol. The van der Waals surface area contributed by atoms with Crippen molar-refractivity contribution < 1.29 is 4.79 Å². The van der Waals surface area contributed by atoms with E-state index in [2.05, 4.69) is 21.7 Å². The van der Waals surface area contributed by atoms with Gasteiger partial charge < -0.3 is 9.47 Å². The molecule has 0 radical (unpaired) electrons. The van der Waals surface area contributed by atoms with E-state index in [4.69, 9.17) is 5.26 Å². The van der Waals surface area contributed by atoms with Crippen LogP contribution in [0.4, 0.5) is 0 Å². The van der Waals surface area contributed by atoms with Gasteiger partial charge in [-0.15, -0.1) is 0 Å². The van der Waals surface area contributed by atoms with Crippen molar-refractivity contribution in [3.8, 4) is 6.07 Å². The summed E-state index contributed by atoms with van der Waals surface area (Å²) in [6.45, 7) is 1.24. The quantitative estimate of drug-likeness (QED) is 0.587. The molecule has 1 aliphatic rings. The maximum atomic E-state index is 12.9. The number of aryl methyl sites for hydroxylation is 1. The summed E-state index contributed by atoms with van der Waals surface area (Å²) >= 11 is 0. The normalized spacial score (nSPS) is 13.7. The van der Waals surface area contributed by atoms with Gasteiger partial charge in [-0.05, 0) is 36.6 Å². The van der Waals surface area contributed by atoms with Crippen LogP contribution in [-0.4, -0.2) is 26.4 Å². The third kappa shape index (κ3) is 3.96. The first kappa shape index (κ1) is 18.0. The van der Waals surface area contributed by atoms with Crippen LogP contribution in [0.5, 0.6) is 0 Å². The average molecular weight is 370 g/mol. The number of fused-ring (bicyclic) bond motifs is 1. The summed E-state index contributed by atoms with van der Waals surface area (Å²) in [5, 5.41) is 9.98. The lowest BCUT2D eigenvalue weighted by molar-refractivity contribution is -0.127. The Morgan fingerprint density at radius 1 is 1.29 bits per heavy atom. The molecule has 1 amide bonds. The molecule has 0 spiro atoms. The molecule has 2 aromatic heterocycles. The van der Waals surface area contributed by atoms with Crippen LogP contribution in [0, 0.1) is 11.3 Å². The second-order valence-electron chi connectivity index (χ2n) is 7.10. The first-order chi connectivity index (χ1) is 13.8. The maximum Gasteiger partial charge on any atom is 0.247 e. The number of hydrogen-bond donors (Lipinski definition) is 0. The lowest BCUT2D eigenvalue weighted by Gasteiger charge is -2.20. The van der Waals surface area contributed by atoms with E-state index >= 15 is 0 Å². The summed E-state index contributed by atoms with van der Waals surface area (Å²) in [7, 11) is 0. The fraction of sp³-hybridized carbons (Fsp3) is 0.261. The topological polar surface area (TPSA) is 61.9 Å². The Morgan fingerprint density at radius 2 is 2.14 bits per heavy atom. The molecule has 140 valence electrons. The highest BCUT2D eigenvalue weighted by Crippen LogP contribution is 2.29. The number of hydrogen-bond acceptors (Lipinski definition) is 3. The lowest BCUT2D eigenvalue weighted by atomic mass is 10.1. The number of amides is 1.